The Hall–Kier alpha value is -3.89. The van der Waals surface area contributed by atoms with Gasteiger partial charge in [-0.2, -0.15) is 5.10 Å². The number of carbonyl (C=O) groups is 2. The van der Waals surface area contributed by atoms with Crippen molar-refractivity contribution in [1.82, 2.24) is 24.5 Å². The van der Waals surface area contributed by atoms with Gasteiger partial charge in [0.05, 0.1) is 24.0 Å². The van der Waals surface area contributed by atoms with Gasteiger partial charge in [0.25, 0.3) is 0 Å². The van der Waals surface area contributed by atoms with E-state index in [9.17, 15) is 9.59 Å². The Balaban J connectivity index is 1.18. The number of hydrogen-bond acceptors (Lipinski definition) is 7. The zero-order valence-electron chi connectivity index (χ0n) is 21.6. The molecule has 194 valence electrons. The van der Waals surface area contributed by atoms with Crippen molar-refractivity contribution in [2.24, 2.45) is 0 Å². The van der Waals surface area contributed by atoms with Crippen LogP contribution < -0.4 is 15.1 Å². The average molecular weight is 505 g/mol. The molecule has 0 spiro atoms. The van der Waals surface area contributed by atoms with Gasteiger partial charge in [0.15, 0.2) is 5.65 Å². The predicted octanol–water partition coefficient (Wildman–Crippen LogP) is 3.62. The Labute approximate surface area is 215 Å². The molecule has 0 saturated carbocycles. The average Bonchev–Trinajstić information content (AvgIpc) is 3.50. The highest BCUT2D eigenvalue weighted by Gasteiger charge is 2.45. The predicted molar refractivity (Wildman–Crippen MR) is 139 cm³/mol. The summed E-state index contributed by atoms with van der Waals surface area (Å²) >= 11 is 0. The standard InChI is InChI=1S/C26H32N8O3/c1-16-28-22-8-5-17(13-33(22)30-16)29-24(35)32-12-10-20-21(9-11-27-23(20)32)31-14-18-6-7-19(15-31)34(18)25(36)37-26(2,3)4/h5,8-9,11,13,18-19H,6-7,10,12,14-15H2,1-4H3,(H,29,35). The molecule has 2 fully saturated rings. The van der Waals surface area contributed by atoms with Crippen molar-refractivity contribution in [2.45, 2.75) is 64.6 Å². The summed E-state index contributed by atoms with van der Waals surface area (Å²) in [7, 11) is 0. The summed E-state index contributed by atoms with van der Waals surface area (Å²) in [5.41, 5.74) is 3.03. The summed E-state index contributed by atoms with van der Waals surface area (Å²) in [6.07, 6.45) is 5.98. The molecule has 3 amide bonds. The first-order chi connectivity index (χ1) is 17.7. The molecule has 6 rings (SSSR count). The molecule has 0 aliphatic carbocycles. The van der Waals surface area contributed by atoms with Crippen LogP contribution in [0.5, 0.6) is 0 Å². The number of amides is 3. The molecule has 2 atom stereocenters. The highest BCUT2D eigenvalue weighted by Crippen LogP contribution is 2.39. The van der Waals surface area contributed by atoms with Crippen LogP contribution in [0.4, 0.5) is 26.8 Å². The van der Waals surface area contributed by atoms with E-state index in [1.165, 1.54) is 0 Å². The number of piperazine rings is 1. The Morgan fingerprint density at radius 3 is 2.59 bits per heavy atom. The molecular weight excluding hydrogens is 472 g/mol. The van der Waals surface area contributed by atoms with Gasteiger partial charge in [-0.15, -0.1) is 0 Å². The number of fused-ring (bicyclic) bond motifs is 4. The van der Waals surface area contributed by atoms with Crippen molar-refractivity contribution in [3.63, 3.8) is 0 Å². The number of nitrogens with zero attached hydrogens (tertiary/aromatic N) is 7. The molecular formula is C26H32N8O3. The SMILES string of the molecule is Cc1nc2ccc(NC(=O)N3CCc4c(N5CC6CCC(C5)N6C(=O)OC(C)(C)C)ccnc43)cn2n1. The molecule has 0 aromatic carbocycles. The molecule has 2 bridgehead atoms. The van der Waals surface area contributed by atoms with E-state index in [1.807, 2.05) is 50.8 Å². The number of urea groups is 1. The second-order valence-corrected chi connectivity index (χ2v) is 11.0. The van der Waals surface area contributed by atoms with Gasteiger partial charge < -0.3 is 15.0 Å². The van der Waals surface area contributed by atoms with Crippen molar-refractivity contribution in [1.29, 1.82) is 0 Å². The fourth-order valence-corrected chi connectivity index (χ4v) is 5.74. The zero-order valence-corrected chi connectivity index (χ0v) is 21.6. The summed E-state index contributed by atoms with van der Waals surface area (Å²) in [5.74, 6) is 1.36. The van der Waals surface area contributed by atoms with Crippen LogP contribution in [0.1, 0.15) is 45.0 Å². The quantitative estimate of drug-likeness (QED) is 0.568. The highest BCUT2D eigenvalue weighted by molar-refractivity contribution is 6.03. The van der Waals surface area contributed by atoms with Crippen molar-refractivity contribution in [2.75, 3.05) is 34.8 Å². The van der Waals surface area contributed by atoms with Gasteiger partial charge in [0.2, 0.25) is 0 Å². The molecule has 2 saturated heterocycles. The first-order valence-electron chi connectivity index (χ1n) is 12.8. The van der Waals surface area contributed by atoms with E-state index in [0.29, 0.717) is 23.9 Å². The monoisotopic (exact) mass is 504 g/mol. The lowest BCUT2D eigenvalue weighted by Crippen LogP contribution is -2.57. The Bertz CT molecular complexity index is 1370. The summed E-state index contributed by atoms with van der Waals surface area (Å²) in [4.78, 5) is 41.0. The third-order valence-corrected chi connectivity index (χ3v) is 7.21. The minimum Gasteiger partial charge on any atom is -0.444 e. The number of ether oxygens (including phenoxy) is 1. The van der Waals surface area contributed by atoms with Crippen molar-refractivity contribution in [3.05, 3.63) is 42.0 Å². The zero-order chi connectivity index (χ0) is 25.9. The van der Waals surface area contributed by atoms with E-state index < -0.39 is 5.60 Å². The topological polar surface area (TPSA) is 108 Å². The van der Waals surface area contributed by atoms with E-state index in [4.69, 9.17) is 4.74 Å². The lowest BCUT2D eigenvalue weighted by molar-refractivity contribution is 0.0123. The van der Waals surface area contributed by atoms with Crippen LogP contribution in [0.2, 0.25) is 0 Å². The molecule has 1 N–H and O–H groups in total. The van der Waals surface area contributed by atoms with E-state index in [0.717, 1.165) is 49.2 Å². The maximum Gasteiger partial charge on any atom is 0.410 e. The largest absolute Gasteiger partial charge is 0.444 e. The molecule has 3 aromatic heterocycles. The summed E-state index contributed by atoms with van der Waals surface area (Å²) in [6.45, 7) is 9.59. The van der Waals surface area contributed by atoms with Gasteiger partial charge in [0, 0.05) is 37.1 Å². The van der Waals surface area contributed by atoms with Crippen molar-refractivity contribution >= 4 is 35.0 Å². The minimum absolute atomic E-state index is 0.119. The molecule has 3 aliphatic heterocycles. The van der Waals surface area contributed by atoms with E-state index in [-0.39, 0.29) is 24.2 Å². The number of pyridine rings is 2. The Kier molecular flexibility index (Phi) is 5.46. The number of nitrogens with one attached hydrogen (secondary N) is 1. The first-order valence-corrected chi connectivity index (χ1v) is 12.8. The number of hydrogen-bond donors (Lipinski definition) is 1. The smallest absolute Gasteiger partial charge is 0.410 e. The van der Waals surface area contributed by atoms with Crippen molar-refractivity contribution < 1.29 is 14.3 Å². The van der Waals surface area contributed by atoms with Crippen LogP contribution in [-0.2, 0) is 11.2 Å². The summed E-state index contributed by atoms with van der Waals surface area (Å²) < 4.78 is 7.34. The van der Waals surface area contributed by atoms with Gasteiger partial charge in [-0.05, 0) is 65.2 Å². The third kappa shape index (κ3) is 4.32. The first kappa shape index (κ1) is 23.5. The van der Waals surface area contributed by atoms with Crippen molar-refractivity contribution in [3.8, 4) is 0 Å². The lowest BCUT2D eigenvalue weighted by Gasteiger charge is -2.42. The van der Waals surface area contributed by atoms with Crippen LogP contribution >= 0.6 is 0 Å². The maximum absolute atomic E-state index is 13.2. The number of aromatic nitrogens is 4. The van der Waals surface area contributed by atoms with Gasteiger partial charge in [-0.25, -0.2) is 24.1 Å². The molecule has 11 nitrogen and oxygen atoms in total. The van der Waals surface area contributed by atoms with Crippen LogP contribution in [0.15, 0.2) is 30.6 Å². The fraction of sp³-hybridized carbons (Fsp3) is 0.500. The second-order valence-electron chi connectivity index (χ2n) is 11.0. The lowest BCUT2D eigenvalue weighted by atomic mass is 10.1. The number of anilines is 3. The minimum atomic E-state index is -0.510. The van der Waals surface area contributed by atoms with Crippen LogP contribution in [0.3, 0.4) is 0 Å². The Morgan fingerprint density at radius 1 is 1.11 bits per heavy atom. The van der Waals surface area contributed by atoms with Gasteiger partial charge in [0.1, 0.15) is 17.2 Å². The normalized spacial score (nSPS) is 20.9. The summed E-state index contributed by atoms with van der Waals surface area (Å²) in [6, 6.07) is 5.69. The highest BCUT2D eigenvalue weighted by atomic mass is 16.6. The molecule has 11 heteroatoms. The van der Waals surface area contributed by atoms with E-state index in [1.54, 1.807) is 21.8 Å². The number of aryl methyl sites for hydroxylation is 1. The fourth-order valence-electron chi connectivity index (χ4n) is 5.74. The molecule has 6 heterocycles. The summed E-state index contributed by atoms with van der Waals surface area (Å²) in [5, 5.41) is 7.29. The molecule has 0 radical (unpaired) electrons. The number of carbonyl (C=O) groups excluding carboxylic acids is 2. The van der Waals surface area contributed by atoms with E-state index in [2.05, 4.69) is 25.3 Å². The van der Waals surface area contributed by atoms with Crippen LogP contribution in [0.25, 0.3) is 5.65 Å². The third-order valence-electron chi connectivity index (χ3n) is 7.21. The molecule has 37 heavy (non-hydrogen) atoms. The van der Waals surface area contributed by atoms with Gasteiger partial charge in [-0.1, -0.05) is 0 Å². The molecule has 3 aromatic rings. The molecule has 2 unspecified atom stereocenters. The van der Waals surface area contributed by atoms with Crippen LogP contribution in [-0.4, -0.2) is 73.9 Å². The van der Waals surface area contributed by atoms with Gasteiger partial charge >= 0.3 is 12.1 Å². The Morgan fingerprint density at radius 2 is 1.86 bits per heavy atom. The number of rotatable bonds is 2. The van der Waals surface area contributed by atoms with Crippen LogP contribution in [0, 0.1) is 6.92 Å². The van der Waals surface area contributed by atoms with Gasteiger partial charge in [-0.3, -0.25) is 9.80 Å². The molecule has 3 aliphatic rings. The maximum atomic E-state index is 13.2. The van der Waals surface area contributed by atoms with E-state index >= 15 is 0 Å². The second kappa shape index (κ2) is 8.60.